The first-order valence-electron chi connectivity index (χ1n) is 10.7. The number of hydrogen-bond acceptors (Lipinski definition) is 7. The molecule has 2 heterocycles. The molecule has 4 rings (SSSR count). The maximum absolute atomic E-state index is 12.5. The van der Waals surface area contributed by atoms with Crippen molar-refractivity contribution in [1.82, 2.24) is 14.9 Å². The summed E-state index contributed by atoms with van der Waals surface area (Å²) in [7, 11) is 3.10. The molecule has 0 atom stereocenters. The average molecular weight is 493 g/mol. The summed E-state index contributed by atoms with van der Waals surface area (Å²) in [5.74, 6) is 1.60. The topological polar surface area (TPSA) is 108 Å². The predicted molar refractivity (Wildman–Crippen MR) is 132 cm³/mol. The Labute approximate surface area is 206 Å². The van der Waals surface area contributed by atoms with Crippen LogP contribution in [0.15, 0.2) is 82.8 Å². The molecule has 0 aliphatic rings. The van der Waals surface area contributed by atoms with Gasteiger partial charge in [-0.1, -0.05) is 11.8 Å². The molecule has 2 aromatic heterocycles. The molecule has 2 amide bonds. The summed E-state index contributed by atoms with van der Waals surface area (Å²) in [5, 5.41) is 6.32. The molecule has 4 aromatic rings. The number of benzene rings is 2. The van der Waals surface area contributed by atoms with Gasteiger partial charge in [-0.25, -0.2) is 4.98 Å². The molecule has 9 nitrogen and oxygen atoms in total. The molecule has 2 N–H and O–H groups in total. The van der Waals surface area contributed by atoms with Crippen molar-refractivity contribution in [3.8, 4) is 17.2 Å². The van der Waals surface area contributed by atoms with Gasteiger partial charge in [0.05, 0.1) is 32.8 Å². The van der Waals surface area contributed by atoms with Gasteiger partial charge < -0.3 is 24.5 Å². The summed E-state index contributed by atoms with van der Waals surface area (Å²) in [5.41, 5.74) is 1.97. The lowest BCUT2D eigenvalue weighted by Gasteiger charge is -2.11. The predicted octanol–water partition coefficient (Wildman–Crippen LogP) is 4.14. The van der Waals surface area contributed by atoms with Crippen LogP contribution in [-0.4, -0.2) is 41.3 Å². The van der Waals surface area contributed by atoms with Crippen LogP contribution in [0.2, 0.25) is 0 Å². The highest BCUT2D eigenvalue weighted by Gasteiger charge is 2.12. The summed E-state index contributed by atoms with van der Waals surface area (Å²) in [6.45, 7) is 0.321. The van der Waals surface area contributed by atoms with E-state index >= 15 is 0 Å². The molecule has 0 aliphatic heterocycles. The third-order valence-electron chi connectivity index (χ3n) is 5.02. The number of anilines is 1. The molecule has 10 heteroatoms. The third kappa shape index (κ3) is 6.04. The van der Waals surface area contributed by atoms with E-state index < -0.39 is 0 Å². The lowest BCUT2D eigenvalue weighted by Crippen LogP contribution is -2.22. The van der Waals surface area contributed by atoms with E-state index in [2.05, 4.69) is 15.6 Å². The largest absolute Gasteiger partial charge is 0.493 e. The van der Waals surface area contributed by atoms with E-state index in [1.54, 1.807) is 75.3 Å². The van der Waals surface area contributed by atoms with E-state index in [0.29, 0.717) is 40.2 Å². The number of carbonyl (C=O) groups excluding carboxylic acids is 2. The zero-order valence-corrected chi connectivity index (χ0v) is 20.0. The number of ether oxygens (including phenoxy) is 2. The normalized spacial score (nSPS) is 10.6. The molecule has 0 unspecified atom stereocenters. The third-order valence-corrected chi connectivity index (χ3v) is 5.98. The van der Waals surface area contributed by atoms with Gasteiger partial charge in [0.25, 0.3) is 5.91 Å². The Morgan fingerprint density at radius 1 is 1.06 bits per heavy atom. The summed E-state index contributed by atoms with van der Waals surface area (Å²) in [6.07, 6.45) is 5.04. The van der Waals surface area contributed by atoms with Crippen molar-refractivity contribution < 1.29 is 23.5 Å². The van der Waals surface area contributed by atoms with E-state index in [1.165, 1.54) is 11.8 Å². The number of hydrogen-bond donors (Lipinski definition) is 2. The zero-order chi connectivity index (χ0) is 24.6. The summed E-state index contributed by atoms with van der Waals surface area (Å²) in [4.78, 5) is 29.2. The number of methoxy groups -OCH3 is 2. The minimum absolute atomic E-state index is 0.165. The molecular weight excluding hydrogens is 468 g/mol. The van der Waals surface area contributed by atoms with Crippen LogP contribution in [0.4, 0.5) is 5.69 Å². The van der Waals surface area contributed by atoms with Crippen molar-refractivity contribution in [3.05, 3.63) is 84.6 Å². The van der Waals surface area contributed by atoms with Gasteiger partial charge in [-0.2, -0.15) is 0 Å². The molecule has 2 aromatic carbocycles. The molecule has 0 saturated carbocycles. The number of furan rings is 1. The second-order valence-electron chi connectivity index (χ2n) is 7.30. The van der Waals surface area contributed by atoms with Crippen molar-refractivity contribution in [3.63, 3.8) is 0 Å². The van der Waals surface area contributed by atoms with Gasteiger partial charge in [-0.05, 0) is 48.5 Å². The van der Waals surface area contributed by atoms with Gasteiger partial charge in [-0.3, -0.25) is 14.2 Å². The van der Waals surface area contributed by atoms with Gasteiger partial charge in [0.1, 0.15) is 5.76 Å². The Hall–Kier alpha value is -4.18. The fraction of sp³-hybridized carbons (Fsp3) is 0.160. The number of rotatable bonds is 10. The Balaban J connectivity index is 1.34. The van der Waals surface area contributed by atoms with Crippen LogP contribution < -0.4 is 20.1 Å². The SMILES string of the molecule is COc1ccc(NC(=O)CSc2nccn2-c2ccc(C(=O)NCc3ccco3)cc2)cc1OC. The molecule has 180 valence electrons. The number of carbonyl (C=O) groups is 2. The lowest BCUT2D eigenvalue weighted by molar-refractivity contribution is -0.113. The number of amides is 2. The number of thioether (sulfide) groups is 1. The van der Waals surface area contributed by atoms with Gasteiger partial charge in [0.2, 0.25) is 5.91 Å². The second-order valence-corrected chi connectivity index (χ2v) is 8.24. The van der Waals surface area contributed by atoms with E-state index in [4.69, 9.17) is 13.9 Å². The van der Waals surface area contributed by atoms with E-state index in [-0.39, 0.29) is 17.6 Å². The monoisotopic (exact) mass is 492 g/mol. The van der Waals surface area contributed by atoms with Crippen molar-refractivity contribution in [2.45, 2.75) is 11.7 Å². The summed E-state index contributed by atoms with van der Waals surface area (Å²) < 4.78 is 17.6. The molecule has 0 saturated heterocycles. The first-order valence-corrected chi connectivity index (χ1v) is 11.6. The van der Waals surface area contributed by atoms with Crippen LogP contribution >= 0.6 is 11.8 Å². The van der Waals surface area contributed by atoms with Gasteiger partial charge in [0.15, 0.2) is 16.7 Å². The number of nitrogens with one attached hydrogen (secondary N) is 2. The lowest BCUT2D eigenvalue weighted by atomic mass is 10.2. The van der Waals surface area contributed by atoms with Crippen molar-refractivity contribution in [2.75, 3.05) is 25.3 Å². The first-order chi connectivity index (χ1) is 17.1. The van der Waals surface area contributed by atoms with Gasteiger partial charge >= 0.3 is 0 Å². The quantitative estimate of drug-likeness (QED) is 0.320. The van der Waals surface area contributed by atoms with Crippen LogP contribution in [0, 0.1) is 0 Å². The average Bonchev–Trinajstić information content (AvgIpc) is 3.58. The van der Waals surface area contributed by atoms with Crippen LogP contribution in [0.5, 0.6) is 11.5 Å². The highest BCUT2D eigenvalue weighted by molar-refractivity contribution is 7.99. The Morgan fingerprint density at radius 2 is 1.86 bits per heavy atom. The fourth-order valence-corrected chi connectivity index (χ4v) is 4.06. The van der Waals surface area contributed by atoms with E-state index in [0.717, 1.165) is 5.69 Å². The fourth-order valence-electron chi connectivity index (χ4n) is 3.29. The molecule has 0 radical (unpaired) electrons. The van der Waals surface area contributed by atoms with Crippen molar-refractivity contribution in [1.29, 1.82) is 0 Å². The van der Waals surface area contributed by atoms with Gasteiger partial charge in [0, 0.05) is 35.4 Å². The number of nitrogens with zero attached hydrogens (tertiary/aromatic N) is 2. The first kappa shape index (κ1) is 24.0. The highest BCUT2D eigenvalue weighted by Crippen LogP contribution is 2.30. The molecule has 0 fully saturated rings. The summed E-state index contributed by atoms with van der Waals surface area (Å²) in [6, 6.07) is 15.9. The molecule has 0 spiro atoms. The maximum atomic E-state index is 12.5. The smallest absolute Gasteiger partial charge is 0.251 e. The van der Waals surface area contributed by atoms with Crippen molar-refractivity contribution in [2.24, 2.45) is 0 Å². The van der Waals surface area contributed by atoms with Crippen LogP contribution in [-0.2, 0) is 11.3 Å². The zero-order valence-electron chi connectivity index (χ0n) is 19.2. The maximum Gasteiger partial charge on any atom is 0.251 e. The number of imidazole rings is 1. The Kier molecular flexibility index (Phi) is 7.74. The standard InChI is InChI=1S/C25H24N4O5S/c1-32-21-10-7-18(14-22(21)33-2)28-23(30)16-35-25-26-11-12-29(25)19-8-5-17(6-9-19)24(31)27-15-20-4-3-13-34-20/h3-14H,15-16H2,1-2H3,(H,27,31)(H,28,30). The van der Waals surface area contributed by atoms with Crippen LogP contribution in [0.1, 0.15) is 16.1 Å². The van der Waals surface area contributed by atoms with E-state index in [9.17, 15) is 9.59 Å². The highest BCUT2D eigenvalue weighted by atomic mass is 32.2. The second kappa shape index (κ2) is 11.3. The van der Waals surface area contributed by atoms with Crippen LogP contribution in [0.3, 0.4) is 0 Å². The minimum atomic E-state index is -0.194. The molecular formula is C25H24N4O5S. The Morgan fingerprint density at radius 3 is 2.57 bits per heavy atom. The summed E-state index contributed by atoms with van der Waals surface area (Å²) >= 11 is 1.30. The molecule has 35 heavy (non-hydrogen) atoms. The van der Waals surface area contributed by atoms with Gasteiger partial charge in [-0.15, -0.1) is 0 Å². The number of aromatic nitrogens is 2. The minimum Gasteiger partial charge on any atom is -0.493 e. The van der Waals surface area contributed by atoms with E-state index in [1.807, 2.05) is 16.7 Å². The van der Waals surface area contributed by atoms with Crippen molar-refractivity contribution >= 4 is 29.3 Å². The molecule has 0 aliphatic carbocycles. The van der Waals surface area contributed by atoms with Crippen LogP contribution in [0.25, 0.3) is 5.69 Å². The Bertz CT molecular complexity index is 1290. The molecule has 0 bridgehead atoms.